The van der Waals surface area contributed by atoms with Crippen LogP contribution in [0.2, 0.25) is 0 Å². The van der Waals surface area contributed by atoms with Crippen molar-refractivity contribution in [2.75, 3.05) is 0 Å². The van der Waals surface area contributed by atoms with Gasteiger partial charge in [0.15, 0.2) is 0 Å². The molecule has 0 radical (unpaired) electrons. The summed E-state index contributed by atoms with van der Waals surface area (Å²) >= 11 is 0. The Morgan fingerprint density at radius 3 is 2.11 bits per heavy atom. The van der Waals surface area contributed by atoms with Crippen molar-refractivity contribution < 1.29 is 21.8 Å². The second kappa shape index (κ2) is 9.69. The van der Waals surface area contributed by atoms with E-state index in [0.29, 0.717) is 6.54 Å². The van der Waals surface area contributed by atoms with Gasteiger partial charge in [0, 0.05) is 18.1 Å². The van der Waals surface area contributed by atoms with E-state index >= 15 is 0 Å². The van der Waals surface area contributed by atoms with Crippen LogP contribution in [0, 0.1) is 23.6 Å². The van der Waals surface area contributed by atoms with Gasteiger partial charge in [-0.2, -0.15) is 8.42 Å². The summed E-state index contributed by atoms with van der Waals surface area (Å²) in [5, 5.41) is 3.48. The van der Waals surface area contributed by atoms with E-state index in [1.807, 2.05) is 4.90 Å². The third kappa shape index (κ3) is 5.24. The highest BCUT2D eigenvalue weighted by molar-refractivity contribution is 7.87. The van der Waals surface area contributed by atoms with Crippen molar-refractivity contribution in [3.8, 4) is 5.75 Å². The van der Waals surface area contributed by atoms with Gasteiger partial charge in [-0.25, -0.2) is 9.18 Å². The molecule has 4 aliphatic carbocycles. The van der Waals surface area contributed by atoms with Crippen molar-refractivity contribution in [2.45, 2.75) is 81.8 Å². The molecule has 194 valence electrons. The van der Waals surface area contributed by atoms with Crippen LogP contribution in [0.4, 0.5) is 9.18 Å². The lowest BCUT2D eigenvalue weighted by molar-refractivity contribution is -0.0165. The van der Waals surface area contributed by atoms with Gasteiger partial charge >= 0.3 is 16.1 Å². The highest BCUT2D eigenvalue weighted by atomic mass is 32.2. The Morgan fingerprint density at radius 1 is 1.03 bits per heavy atom. The van der Waals surface area contributed by atoms with Crippen LogP contribution in [-0.2, 0) is 16.7 Å². The number of benzene rings is 2. The predicted octanol–water partition coefficient (Wildman–Crippen LogP) is 5.87. The maximum absolute atomic E-state index is 13.6. The molecule has 1 unspecified atom stereocenters. The van der Waals surface area contributed by atoms with Gasteiger partial charge in [0.25, 0.3) is 0 Å². The summed E-state index contributed by atoms with van der Waals surface area (Å²) in [5.74, 6) is 1.92. The zero-order valence-electron chi connectivity index (χ0n) is 21.0. The minimum Gasteiger partial charge on any atom is -0.379 e. The highest BCUT2D eigenvalue weighted by Crippen LogP contribution is 2.55. The number of nitrogens with zero attached hydrogens (tertiary/aromatic N) is 1. The largest absolute Gasteiger partial charge is 0.379 e. The lowest BCUT2D eigenvalue weighted by Crippen LogP contribution is -2.62. The van der Waals surface area contributed by atoms with Crippen molar-refractivity contribution in [2.24, 2.45) is 17.8 Å². The van der Waals surface area contributed by atoms with Gasteiger partial charge in [-0.3, -0.25) is 0 Å². The fraction of sp³-hybridized carbons (Fsp3) is 0.536. The smallest absolute Gasteiger partial charge is 0.339 e. The van der Waals surface area contributed by atoms with Gasteiger partial charge < -0.3 is 14.4 Å². The maximum atomic E-state index is 13.6. The van der Waals surface area contributed by atoms with E-state index in [2.05, 4.69) is 19.2 Å². The van der Waals surface area contributed by atoms with Crippen LogP contribution in [0.15, 0.2) is 53.4 Å². The molecule has 8 heteroatoms. The summed E-state index contributed by atoms with van der Waals surface area (Å²) < 4.78 is 43.3. The van der Waals surface area contributed by atoms with Crippen molar-refractivity contribution in [1.29, 1.82) is 0 Å². The SMILES string of the molecule is CCC(C)N(Cc1ccc(OS(=O)(=O)c2ccc(F)cc2)cc1)C(=O)NC12CC3CC(CC(C3)C1)C2. The van der Waals surface area contributed by atoms with Crippen molar-refractivity contribution in [3.05, 3.63) is 59.9 Å². The first-order valence-electron chi connectivity index (χ1n) is 13.0. The Balaban J connectivity index is 1.26. The Hall–Kier alpha value is -2.61. The predicted molar refractivity (Wildman–Crippen MR) is 135 cm³/mol. The highest BCUT2D eigenvalue weighted by Gasteiger charge is 2.52. The van der Waals surface area contributed by atoms with E-state index in [0.717, 1.165) is 61.1 Å². The number of rotatable bonds is 8. The molecule has 36 heavy (non-hydrogen) atoms. The third-order valence-corrected chi connectivity index (χ3v) is 9.64. The molecular weight excluding hydrogens is 479 g/mol. The molecule has 1 N–H and O–H groups in total. The zero-order valence-corrected chi connectivity index (χ0v) is 21.8. The number of urea groups is 1. The molecule has 1 atom stereocenters. The van der Waals surface area contributed by atoms with Crippen molar-refractivity contribution in [1.82, 2.24) is 10.2 Å². The van der Waals surface area contributed by atoms with Gasteiger partial charge in [0.05, 0.1) is 0 Å². The number of hydrogen-bond acceptors (Lipinski definition) is 4. The maximum Gasteiger partial charge on any atom is 0.339 e. The van der Waals surface area contributed by atoms with E-state index in [-0.39, 0.29) is 28.3 Å². The molecule has 4 fully saturated rings. The average molecular weight is 515 g/mol. The molecule has 2 aromatic rings. The number of carbonyl (C=O) groups excluding carboxylic acids is 1. The molecule has 0 saturated heterocycles. The topological polar surface area (TPSA) is 75.7 Å². The molecule has 6 rings (SSSR count). The van der Waals surface area contributed by atoms with E-state index in [1.165, 1.54) is 31.4 Å². The van der Waals surface area contributed by atoms with Gasteiger partial charge in [-0.15, -0.1) is 0 Å². The van der Waals surface area contributed by atoms with Gasteiger partial charge in [-0.1, -0.05) is 19.1 Å². The number of halogens is 1. The second-order valence-corrected chi connectivity index (χ2v) is 12.7. The first kappa shape index (κ1) is 25.1. The molecule has 2 aromatic carbocycles. The zero-order chi connectivity index (χ0) is 25.5. The minimum absolute atomic E-state index is 0.00878. The third-order valence-electron chi connectivity index (χ3n) is 8.38. The van der Waals surface area contributed by atoms with E-state index < -0.39 is 15.9 Å². The summed E-state index contributed by atoms with van der Waals surface area (Å²) in [7, 11) is -4.06. The van der Waals surface area contributed by atoms with Crippen molar-refractivity contribution >= 4 is 16.1 Å². The number of carbonyl (C=O) groups is 1. The van der Waals surface area contributed by atoms with Crippen LogP contribution in [0.25, 0.3) is 0 Å². The Kier molecular flexibility index (Phi) is 6.74. The van der Waals surface area contributed by atoms with Crippen molar-refractivity contribution in [3.63, 3.8) is 0 Å². The summed E-state index contributed by atoms with van der Waals surface area (Å²) in [6.45, 7) is 4.57. The Bertz CT molecular complexity index is 1160. The molecule has 4 aliphatic rings. The lowest BCUT2D eigenvalue weighted by Gasteiger charge is -2.57. The molecular formula is C28H35FN2O4S. The van der Waals surface area contributed by atoms with E-state index in [9.17, 15) is 17.6 Å². The Labute approximate surface area is 213 Å². The molecule has 0 spiro atoms. The molecule has 0 aliphatic heterocycles. The number of amides is 2. The van der Waals surface area contributed by atoms with Crippen LogP contribution >= 0.6 is 0 Å². The van der Waals surface area contributed by atoms with Crippen LogP contribution in [0.5, 0.6) is 5.75 Å². The summed E-state index contributed by atoms with van der Waals surface area (Å²) in [6, 6.07) is 11.3. The molecule has 2 amide bonds. The quantitative estimate of drug-likeness (QED) is 0.447. The number of nitrogens with one attached hydrogen (secondary N) is 1. The molecule has 0 aromatic heterocycles. The first-order chi connectivity index (χ1) is 17.1. The lowest BCUT2D eigenvalue weighted by atomic mass is 9.53. The van der Waals surface area contributed by atoms with Crippen LogP contribution < -0.4 is 9.50 Å². The molecule has 0 heterocycles. The summed E-state index contributed by atoms with van der Waals surface area (Å²) in [6.07, 6.45) is 8.14. The van der Waals surface area contributed by atoms with Gasteiger partial charge in [0.1, 0.15) is 16.5 Å². The normalized spacial score (nSPS) is 27.5. The first-order valence-corrected chi connectivity index (χ1v) is 14.4. The monoisotopic (exact) mass is 514 g/mol. The van der Waals surface area contributed by atoms with E-state index in [4.69, 9.17) is 4.18 Å². The molecule has 6 nitrogen and oxygen atoms in total. The van der Waals surface area contributed by atoms with Gasteiger partial charge in [0.2, 0.25) is 0 Å². The minimum atomic E-state index is -4.06. The number of hydrogen-bond donors (Lipinski definition) is 1. The van der Waals surface area contributed by atoms with Crippen LogP contribution in [0.3, 0.4) is 0 Å². The van der Waals surface area contributed by atoms with Crippen LogP contribution in [-0.4, -0.2) is 30.9 Å². The second-order valence-electron chi connectivity index (χ2n) is 11.1. The fourth-order valence-electron chi connectivity index (χ4n) is 6.83. The standard InChI is InChI=1S/C28H35FN2O4S/c1-3-19(2)31(27(32)30-28-15-21-12-22(16-28)14-23(13-21)17-28)18-20-4-8-25(9-5-20)35-36(33,34)26-10-6-24(29)7-11-26/h4-11,19,21-23H,3,12-18H2,1-2H3,(H,30,32). The molecule has 4 bridgehead atoms. The van der Waals surface area contributed by atoms with E-state index in [1.54, 1.807) is 24.3 Å². The van der Waals surface area contributed by atoms with Crippen LogP contribution in [0.1, 0.15) is 64.4 Å². The summed E-state index contributed by atoms with van der Waals surface area (Å²) in [5.41, 5.74) is 0.840. The summed E-state index contributed by atoms with van der Waals surface area (Å²) in [4.78, 5) is 15.3. The average Bonchev–Trinajstić information content (AvgIpc) is 2.82. The van der Waals surface area contributed by atoms with Gasteiger partial charge in [-0.05, 0) is 112 Å². The fourth-order valence-corrected chi connectivity index (χ4v) is 7.76. The molecule has 4 saturated carbocycles. The Morgan fingerprint density at radius 2 is 1.58 bits per heavy atom.